The minimum Gasteiger partial charge on any atom is -0.391 e. The average Bonchev–Trinajstić information content (AvgIpc) is 2.75. The second-order valence-electron chi connectivity index (χ2n) is 6.48. The van der Waals surface area contributed by atoms with Crippen molar-refractivity contribution in [2.24, 2.45) is 11.3 Å². The summed E-state index contributed by atoms with van der Waals surface area (Å²) in [4.78, 5) is 2.56. The Bertz CT molecular complexity index is 239. The van der Waals surface area contributed by atoms with Crippen LogP contribution in [0, 0.1) is 11.3 Å². The fourth-order valence-electron chi connectivity index (χ4n) is 3.54. The smallest absolute Gasteiger partial charge is 0.0746 e. The lowest BCUT2D eigenvalue weighted by Gasteiger charge is -2.31. The SMILES string of the molecule is CCCC1CCN(C2CCC(C)(C)C2O)C1. The number of hydrogen-bond acceptors (Lipinski definition) is 2. The van der Waals surface area contributed by atoms with E-state index in [1.807, 2.05) is 0 Å². The third-order valence-electron chi connectivity index (χ3n) is 4.73. The molecule has 1 aliphatic heterocycles. The minimum atomic E-state index is -0.118. The van der Waals surface area contributed by atoms with E-state index in [4.69, 9.17) is 0 Å². The van der Waals surface area contributed by atoms with Crippen molar-refractivity contribution in [2.45, 2.75) is 65.0 Å². The number of rotatable bonds is 3. The lowest BCUT2D eigenvalue weighted by Crippen LogP contribution is -2.43. The van der Waals surface area contributed by atoms with Gasteiger partial charge in [0.2, 0.25) is 0 Å². The zero-order valence-corrected chi connectivity index (χ0v) is 11.1. The summed E-state index contributed by atoms with van der Waals surface area (Å²) in [5, 5.41) is 10.4. The van der Waals surface area contributed by atoms with Crippen LogP contribution in [-0.4, -0.2) is 35.2 Å². The van der Waals surface area contributed by atoms with Crippen molar-refractivity contribution in [3.63, 3.8) is 0 Å². The van der Waals surface area contributed by atoms with Crippen LogP contribution in [0.25, 0.3) is 0 Å². The highest BCUT2D eigenvalue weighted by Gasteiger charge is 2.44. The minimum absolute atomic E-state index is 0.118. The second-order valence-corrected chi connectivity index (χ2v) is 6.48. The summed E-state index contributed by atoms with van der Waals surface area (Å²) in [6.07, 6.45) is 6.26. The molecule has 16 heavy (non-hydrogen) atoms. The lowest BCUT2D eigenvalue weighted by molar-refractivity contribution is 0.0212. The van der Waals surface area contributed by atoms with Gasteiger partial charge in [0.25, 0.3) is 0 Å². The van der Waals surface area contributed by atoms with Gasteiger partial charge in [0, 0.05) is 12.6 Å². The standard InChI is InChI=1S/C14H27NO/c1-4-5-11-7-9-15(10-11)12-6-8-14(2,3)13(12)16/h11-13,16H,4-10H2,1-3H3. The molecule has 3 atom stereocenters. The lowest BCUT2D eigenvalue weighted by atomic mass is 9.88. The summed E-state index contributed by atoms with van der Waals surface area (Å²) in [6.45, 7) is 9.12. The van der Waals surface area contributed by atoms with Gasteiger partial charge in [0.05, 0.1) is 6.10 Å². The Morgan fingerprint density at radius 2 is 2.06 bits per heavy atom. The topological polar surface area (TPSA) is 23.5 Å². The van der Waals surface area contributed by atoms with Gasteiger partial charge in [-0.25, -0.2) is 0 Å². The molecule has 0 aromatic carbocycles. The summed E-state index contributed by atoms with van der Waals surface area (Å²) < 4.78 is 0. The first-order chi connectivity index (χ1) is 7.54. The molecule has 0 spiro atoms. The molecule has 0 aromatic heterocycles. The quantitative estimate of drug-likeness (QED) is 0.798. The molecule has 2 fully saturated rings. The van der Waals surface area contributed by atoms with Gasteiger partial charge in [-0.05, 0) is 43.6 Å². The van der Waals surface area contributed by atoms with E-state index in [1.54, 1.807) is 0 Å². The van der Waals surface area contributed by atoms with Crippen molar-refractivity contribution in [1.82, 2.24) is 4.90 Å². The Morgan fingerprint density at radius 1 is 1.31 bits per heavy atom. The molecule has 0 radical (unpaired) electrons. The van der Waals surface area contributed by atoms with Crippen molar-refractivity contribution >= 4 is 0 Å². The molecule has 2 nitrogen and oxygen atoms in total. The molecular formula is C14H27NO. The van der Waals surface area contributed by atoms with Crippen LogP contribution < -0.4 is 0 Å². The highest BCUT2D eigenvalue weighted by Crippen LogP contribution is 2.41. The normalized spacial score (nSPS) is 39.4. The maximum atomic E-state index is 10.4. The molecule has 0 amide bonds. The molecule has 2 heteroatoms. The van der Waals surface area contributed by atoms with Gasteiger partial charge in [0.15, 0.2) is 0 Å². The molecule has 1 heterocycles. The maximum Gasteiger partial charge on any atom is 0.0746 e. The first-order valence-electron chi connectivity index (χ1n) is 6.96. The van der Waals surface area contributed by atoms with Crippen LogP contribution in [0.5, 0.6) is 0 Å². The van der Waals surface area contributed by atoms with Gasteiger partial charge in [-0.3, -0.25) is 4.90 Å². The Morgan fingerprint density at radius 3 is 2.62 bits per heavy atom. The summed E-state index contributed by atoms with van der Waals surface area (Å²) in [7, 11) is 0. The Hall–Kier alpha value is -0.0800. The third-order valence-corrected chi connectivity index (χ3v) is 4.73. The van der Waals surface area contributed by atoms with Gasteiger partial charge in [-0.1, -0.05) is 27.2 Å². The first kappa shape index (κ1) is 12.4. The zero-order valence-electron chi connectivity index (χ0n) is 11.1. The van der Waals surface area contributed by atoms with Crippen LogP contribution in [0.15, 0.2) is 0 Å². The van der Waals surface area contributed by atoms with E-state index in [1.165, 1.54) is 45.2 Å². The molecule has 2 rings (SSSR count). The zero-order chi connectivity index (χ0) is 11.8. The predicted molar refractivity (Wildman–Crippen MR) is 67.4 cm³/mol. The fraction of sp³-hybridized carbons (Fsp3) is 1.00. The van der Waals surface area contributed by atoms with Gasteiger partial charge in [-0.2, -0.15) is 0 Å². The monoisotopic (exact) mass is 225 g/mol. The highest BCUT2D eigenvalue weighted by atomic mass is 16.3. The van der Waals surface area contributed by atoms with Crippen molar-refractivity contribution in [2.75, 3.05) is 13.1 Å². The van der Waals surface area contributed by atoms with Gasteiger partial charge < -0.3 is 5.11 Å². The van der Waals surface area contributed by atoms with Crippen molar-refractivity contribution in [1.29, 1.82) is 0 Å². The molecule has 2 aliphatic rings. The van der Waals surface area contributed by atoms with Crippen LogP contribution in [0.2, 0.25) is 0 Å². The molecular weight excluding hydrogens is 198 g/mol. The van der Waals surface area contributed by atoms with Crippen molar-refractivity contribution in [3.8, 4) is 0 Å². The van der Waals surface area contributed by atoms with Gasteiger partial charge in [-0.15, -0.1) is 0 Å². The van der Waals surface area contributed by atoms with E-state index in [2.05, 4.69) is 25.7 Å². The van der Waals surface area contributed by atoms with E-state index < -0.39 is 0 Å². The van der Waals surface area contributed by atoms with E-state index in [0.29, 0.717) is 6.04 Å². The van der Waals surface area contributed by atoms with Crippen LogP contribution >= 0.6 is 0 Å². The van der Waals surface area contributed by atoms with Gasteiger partial charge in [0.1, 0.15) is 0 Å². The van der Waals surface area contributed by atoms with E-state index in [-0.39, 0.29) is 11.5 Å². The molecule has 0 bridgehead atoms. The Kier molecular flexibility index (Phi) is 3.60. The fourth-order valence-corrected chi connectivity index (χ4v) is 3.54. The first-order valence-corrected chi connectivity index (χ1v) is 6.96. The van der Waals surface area contributed by atoms with E-state index in [0.717, 1.165) is 5.92 Å². The average molecular weight is 225 g/mol. The number of aliphatic hydroxyl groups excluding tert-OH is 1. The summed E-state index contributed by atoms with van der Waals surface area (Å²) >= 11 is 0. The van der Waals surface area contributed by atoms with E-state index in [9.17, 15) is 5.11 Å². The third kappa shape index (κ3) is 2.28. The van der Waals surface area contributed by atoms with E-state index >= 15 is 0 Å². The maximum absolute atomic E-state index is 10.4. The van der Waals surface area contributed by atoms with Crippen LogP contribution in [0.3, 0.4) is 0 Å². The van der Waals surface area contributed by atoms with Crippen molar-refractivity contribution in [3.05, 3.63) is 0 Å². The molecule has 0 aromatic rings. The highest BCUT2D eigenvalue weighted by molar-refractivity contribution is 4.98. The largest absolute Gasteiger partial charge is 0.391 e. The molecule has 3 unspecified atom stereocenters. The summed E-state index contributed by atoms with van der Waals surface area (Å²) in [5.41, 5.74) is 0.132. The van der Waals surface area contributed by atoms with Crippen LogP contribution in [-0.2, 0) is 0 Å². The summed E-state index contributed by atoms with van der Waals surface area (Å²) in [6, 6.07) is 0.442. The number of likely N-dealkylation sites (tertiary alicyclic amines) is 1. The summed E-state index contributed by atoms with van der Waals surface area (Å²) in [5.74, 6) is 0.890. The van der Waals surface area contributed by atoms with Crippen LogP contribution in [0.1, 0.15) is 52.9 Å². The number of hydrogen-bond donors (Lipinski definition) is 1. The molecule has 1 saturated heterocycles. The molecule has 94 valence electrons. The number of nitrogens with zero attached hydrogens (tertiary/aromatic N) is 1. The molecule has 1 N–H and O–H groups in total. The van der Waals surface area contributed by atoms with Gasteiger partial charge >= 0.3 is 0 Å². The Balaban J connectivity index is 1.91. The number of aliphatic hydroxyl groups is 1. The predicted octanol–water partition coefficient (Wildman–Crippen LogP) is 2.66. The van der Waals surface area contributed by atoms with Crippen LogP contribution in [0.4, 0.5) is 0 Å². The molecule has 1 saturated carbocycles. The second kappa shape index (κ2) is 4.66. The Labute approximate surface area is 100 Å². The molecule has 1 aliphatic carbocycles. The van der Waals surface area contributed by atoms with Crippen molar-refractivity contribution < 1.29 is 5.11 Å².